The third kappa shape index (κ3) is 4.67. The van der Waals surface area contributed by atoms with E-state index in [0.29, 0.717) is 30.2 Å². The molecule has 8 heteroatoms. The first-order valence-corrected chi connectivity index (χ1v) is 11.3. The van der Waals surface area contributed by atoms with E-state index in [2.05, 4.69) is 27.5 Å². The lowest BCUT2D eigenvalue weighted by atomic mass is 10.0. The first-order chi connectivity index (χ1) is 16.2. The van der Waals surface area contributed by atoms with Gasteiger partial charge in [0, 0.05) is 13.2 Å². The predicted molar refractivity (Wildman–Crippen MR) is 127 cm³/mol. The van der Waals surface area contributed by atoms with E-state index < -0.39 is 0 Å². The number of rotatable bonds is 7. The number of benzene rings is 2. The smallest absolute Gasteiger partial charge is 0.263 e. The lowest BCUT2D eigenvalue weighted by Crippen LogP contribution is -2.33. The van der Waals surface area contributed by atoms with Gasteiger partial charge >= 0.3 is 0 Å². The fourth-order valence-corrected chi connectivity index (χ4v) is 4.18. The molecule has 0 saturated carbocycles. The molecule has 2 aromatic carbocycles. The largest absolute Gasteiger partial charge is 0.381 e. The van der Waals surface area contributed by atoms with Gasteiger partial charge in [0.05, 0.1) is 24.0 Å². The van der Waals surface area contributed by atoms with Gasteiger partial charge in [-0.05, 0) is 37.5 Å². The molecule has 1 aliphatic rings. The number of aromatic amines is 1. The minimum absolute atomic E-state index is 0.127. The lowest BCUT2D eigenvalue weighted by molar-refractivity contribution is -0.0739. The number of anilines is 1. The Morgan fingerprint density at radius 2 is 1.79 bits per heavy atom. The summed E-state index contributed by atoms with van der Waals surface area (Å²) in [4.78, 5) is 20.3. The number of ether oxygens (including phenoxy) is 2. The molecular weight excluding hydrogens is 418 g/mol. The SMILES string of the molecule is CC(Nc1nc2c(cnn2-c2ccccc2)c(=O)[nH]1)C(OC1CCOCC1)c1ccccc1. The molecule has 170 valence electrons. The Balaban J connectivity index is 1.44. The summed E-state index contributed by atoms with van der Waals surface area (Å²) in [6, 6.07) is 19.6. The van der Waals surface area contributed by atoms with Crippen LogP contribution in [0.5, 0.6) is 0 Å². The Bertz CT molecular complexity index is 1250. The fraction of sp³-hybridized carbons (Fsp3) is 0.320. The van der Waals surface area contributed by atoms with E-state index in [0.717, 1.165) is 24.1 Å². The summed E-state index contributed by atoms with van der Waals surface area (Å²) in [7, 11) is 0. The first kappa shape index (κ1) is 21.4. The minimum Gasteiger partial charge on any atom is -0.381 e. The van der Waals surface area contributed by atoms with Crippen LogP contribution >= 0.6 is 0 Å². The van der Waals surface area contributed by atoms with Crippen molar-refractivity contribution in [3.8, 4) is 5.69 Å². The maximum Gasteiger partial charge on any atom is 0.263 e. The minimum atomic E-state index is -0.238. The summed E-state index contributed by atoms with van der Waals surface area (Å²) < 4.78 is 13.7. The molecule has 0 amide bonds. The third-order valence-corrected chi connectivity index (χ3v) is 5.89. The van der Waals surface area contributed by atoms with Crippen LogP contribution in [0.2, 0.25) is 0 Å². The van der Waals surface area contributed by atoms with Crippen LogP contribution in [0.3, 0.4) is 0 Å². The standard InChI is InChI=1S/C25H27N5O3/c1-17(22(18-8-4-2-5-9-18)33-20-12-14-32-15-13-20)27-25-28-23-21(24(31)29-25)16-26-30(23)19-10-6-3-7-11-19/h2-11,16-17,20,22H,12-15H2,1H3,(H2,27,28,29,31). The molecule has 2 aromatic heterocycles. The molecule has 2 N–H and O–H groups in total. The van der Waals surface area contributed by atoms with Crippen LogP contribution in [0.25, 0.3) is 16.7 Å². The van der Waals surface area contributed by atoms with Crippen LogP contribution in [0.4, 0.5) is 5.95 Å². The van der Waals surface area contributed by atoms with Gasteiger partial charge in [-0.2, -0.15) is 10.1 Å². The van der Waals surface area contributed by atoms with Gasteiger partial charge in [0.1, 0.15) is 11.5 Å². The molecule has 1 saturated heterocycles. The summed E-state index contributed by atoms with van der Waals surface area (Å²) in [5.41, 5.74) is 2.18. The highest BCUT2D eigenvalue weighted by Gasteiger charge is 2.26. The number of H-pyrrole nitrogens is 1. The molecule has 3 heterocycles. The van der Waals surface area contributed by atoms with E-state index in [4.69, 9.17) is 14.5 Å². The number of hydrogen-bond acceptors (Lipinski definition) is 6. The Hall–Kier alpha value is -3.49. The van der Waals surface area contributed by atoms with Gasteiger partial charge in [-0.15, -0.1) is 0 Å². The van der Waals surface area contributed by atoms with E-state index in [1.165, 1.54) is 0 Å². The fourth-order valence-electron chi connectivity index (χ4n) is 4.18. The third-order valence-electron chi connectivity index (χ3n) is 5.89. The van der Waals surface area contributed by atoms with Crippen molar-refractivity contribution in [1.29, 1.82) is 0 Å². The predicted octanol–water partition coefficient (Wildman–Crippen LogP) is 3.85. The summed E-state index contributed by atoms with van der Waals surface area (Å²) >= 11 is 0. The molecule has 2 atom stereocenters. The van der Waals surface area contributed by atoms with E-state index in [1.54, 1.807) is 10.9 Å². The molecule has 0 spiro atoms. The van der Waals surface area contributed by atoms with Gasteiger partial charge < -0.3 is 14.8 Å². The Kier molecular flexibility index (Phi) is 6.19. The van der Waals surface area contributed by atoms with Gasteiger partial charge in [0.25, 0.3) is 5.56 Å². The molecular formula is C25H27N5O3. The van der Waals surface area contributed by atoms with Crippen molar-refractivity contribution in [1.82, 2.24) is 19.7 Å². The molecule has 8 nitrogen and oxygen atoms in total. The summed E-state index contributed by atoms with van der Waals surface area (Å²) in [5, 5.41) is 8.18. The van der Waals surface area contributed by atoms with Crippen LogP contribution in [0.1, 0.15) is 31.4 Å². The van der Waals surface area contributed by atoms with Crippen molar-refractivity contribution in [3.63, 3.8) is 0 Å². The summed E-state index contributed by atoms with van der Waals surface area (Å²) in [6.07, 6.45) is 3.19. The highest BCUT2D eigenvalue weighted by Crippen LogP contribution is 2.28. The zero-order valence-electron chi connectivity index (χ0n) is 18.5. The molecule has 5 rings (SSSR count). The first-order valence-electron chi connectivity index (χ1n) is 11.3. The normalized spacial score (nSPS) is 16.5. The topological polar surface area (TPSA) is 94.1 Å². The number of para-hydroxylation sites is 1. The number of hydrogen-bond donors (Lipinski definition) is 2. The van der Waals surface area contributed by atoms with Crippen molar-refractivity contribution in [2.24, 2.45) is 0 Å². The second-order valence-electron chi connectivity index (χ2n) is 8.26. The second kappa shape index (κ2) is 9.56. The lowest BCUT2D eigenvalue weighted by Gasteiger charge is -2.32. The van der Waals surface area contributed by atoms with Crippen molar-refractivity contribution >= 4 is 17.0 Å². The Morgan fingerprint density at radius 3 is 2.52 bits per heavy atom. The Labute approximate surface area is 191 Å². The second-order valence-corrected chi connectivity index (χ2v) is 8.26. The molecule has 33 heavy (non-hydrogen) atoms. The highest BCUT2D eigenvalue weighted by atomic mass is 16.5. The Morgan fingerprint density at radius 1 is 1.09 bits per heavy atom. The highest BCUT2D eigenvalue weighted by molar-refractivity contribution is 5.76. The van der Waals surface area contributed by atoms with E-state index in [9.17, 15) is 4.79 Å². The monoisotopic (exact) mass is 445 g/mol. The van der Waals surface area contributed by atoms with Gasteiger partial charge in [-0.3, -0.25) is 9.78 Å². The number of nitrogens with one attached hydrogen (secondary N) is 2. The van der Waals surface area contributed by atoms with Crippen LogP contribution in [-0.2, 0) is 9.47 Å². The summed E-state index contributed by atoms with van der Waals surface area (Å²) in [6.45, 7) is 3.46. The van der Waals surface area contributed by atoms with Crippen LogP contribution in [0.15, 0.2) is 71.7 Å². The van der Waals surface area contributed by atoms with Gasteiger partial charge in [0.2, 0.25) is 5.95 Å². The van der Waals surface area contributed by atoms with E-state index in [-0.39, 0.29) is 23.8 Å². The quantitative estimate of drug-likeness (QED) is 0.449. The van der Waals surface area contributed by atoms with Crippen molar-refractivity contribution in [3.05, 3.63) is 82.8 Å². The number of fused-ring (bicyclic) bond motifs is 1. The van der Waals surface area contributed by atoms with E-state index in [1.807, 2.05) is 55.5 Å². The maximum absolute atomic E-state index is 12.7. The molecule has 2 unspecified atom stereocenters. The van der Waals surface area contributed by atoms with Crippen molar-refractivity contribution in [2.75, 3.05) is 18.5 Å². The molecule has 1 aliphatic heterocycles. The molecule has 0 bridgehead atoms. The molecule has 4 aromatic rings. The maximum atomic E-state index is 12.7. The van der Waals surface area contributed by atoms with Crippen LogP contribution in [-0.4, -0.2) is 45.1 Å². The average molecular weight is 446 g/mol. The average Bonchev–Trinajstić information content (AvgIpc) is 3.29. The molecule has 0 aliphatic carbocycles. The zero-order valence-corrected chi connectivity index (χ0v) is 18.5. The van der Waals surface area contributed by atoms with E-state index >= 15 is 0 Å². The number of nitrogens with zero attached hydrogens (tertiary/aromatic N) is 3. The van der Waals surface area contributed by atoms with Crippen LogP contribution in [0, 0.1) is 0 Å². The number of aromatic nitrogens is 4. The van der Waals surface area contributed by atoms with Gasteiger partial charge in [-0.25, -0.2) is 4.68 Å². The van der Waals surface area contributed by atoms with Crippen LogP contribution < -0.4 is 10.9 Å². The molecule has 1 fully saturated rings. The van der Waals surface area contributed by atoms with Crippen molar-refractivity contribution < 1.29 is 9.47 Å². The molecule has 0 radical (unpaired) electrons. The summed E-state index contributed by atoms with van der Waals surface area (Å²) in [5.74, 6) is 0.384. The van der Waals surface area contributed by atoms with Crippen molar-refractivity contribution in [2.45, 2.75) is 38.0 Å². The van der Waals surface area contributed by atoms with Gasteiger partial charge in [0.15, 0.2) is 5.65 Å². The zero-order chi connectivity index (χ0) is 22.6. The van der Waals surface area contributed by atoms with Gasteiger partial charge in [-0.1, -0.05) is 48.5 Å².